The summed E-state index contributed by atoms with van der Waals surface area (Å²) >= 11 is 0. The van der Waals surface area contributed by atoms with Gasteiger partial charge in [-0.2, -0.15) is 0 Å². The van der Waals surface area contributed by atoms with Crippen LogP contribution in [0.4, 0.5) is 0 Å². The molecule has 0 spiro atoms. The molecule has 19 heavy (non-hydrogen) atoms. The molecule has 0 bridgehead atoms. The average Bonchev–Trinajstić information content (AvgIpc) is 2.49. The minimum atomic E-state index is -1.46. The van der Waals surface area contributed by atoms with E-state index in [2.05, 4.69) is 25.8 Å². The summed E-state index contributed by atoms with van der Waals surface area (Å²) < 4.78 is 0. The molecule has 0 aliphatic heterocycles. The number of hydrogen-bond acceptors (Lipinski definition) is 4. The first-order valence-corrected chi connectivity index (χ1v) is 6.64. The van der Waals surface area contributed by atoms with Gasteiger partial charge >= 0.3 is 7.12 Å². The highest BCUT2D eigenvalue weighted by molar-refractivity contribution is 6.58. The molecule has 0 atom stereocenters. The Morgan fingerprint density at radius 1 is 1.11 bits per heavy atom. The first kappa shape index (κ1) is 20.2. The molecular formula is C14H26BNO3. The first-order valence-electron chi connectivity index (χ1n) is 6.64. The van der Waals surface area contributed by atoms with Crippen molar-refractivity contribution < 1.29 is 14.8 Å². The maximum absolute atomic E-state index is 10.2. The molecule has 1 aromatic carbocycles. The highest BCUT2D eigenvalue weighted by atomic mass is 16.4. The Morgan fingerprint density at radius 2 is 1.53 bits per heavy atom. The molecule has 0 radical (unpaired) electrons. The van der Waals surface area contributed by atoms with Crippen molar-refractivity contribution in [1.29, 1.82) is 0 Å². The first-order chi connectivity index (χ1) is 9.04. The lowest BCUT2D eigenvalue weighted by Gasteiger charge is -2.07. The van der Waals surface area contributed by atoms with E-state index < -0.39 is 7.12 Å². The zero-order chi connectivity index (χ0) is 15.3. The molecular weight excluding hydrogens is 241 g/mol. The van der Waals surface area contributed by atoms with Crippen LogP contribution in [0.25, 0.3) is 0 Å². The third-order valence-electron chi connectivity index (χ3n) is 2.45. The summed E-state index contributed by atoms with van der Waals surface area (Å²) in [6.07, 6.45) is 0.702. The zero-order valence-corrected chi connectivity index (χ0v) is 12.6. The van der Waals surface area contributed by atoms with Gasteiger partial charge in [-0.3, -0.25) is 4.79 Å². The molecule has 108 valence electrons. The lowest BCUT2D eigenvalue weighted by atomic mass is 9.80. The fourth-order valence-corrected chi connectivity index (χ4v) is 0.970. The van der Waals surface area contributed by atoms with E-state index >= 15 is 0 Å². The predicted octanol–water partition coefficient (Wildman–Crippen LogP) is 1.16. The van der Waals surface area contributed by atoms with Crippen molar-refractivity contribution in [2.45, 2.75) is 27.7 Å². The number of hydrogen-bond donors (Lipinski definition) is 2. The van der Waals surface area contributed by atoms with Crippen molar-refractivity contribution in [1.82, 2.24) is 4.90 Å². The second-order valence-corrected chi connectivity index (χ2v) is 3.65. The Labute approximate surface area is 117 Å². The van der Waals surface area contributed by atoms with Gasteiger partial charge in [0.1, 0.15) is 6.29 Å². The van der Waals surface area contributed by atoms with Crippen LogP contribution in [0.3, 0.4) is 0 Å². The van der Waals surface area contributed by atoms with E-state index in [1.54, 1.807) is 0 Å². The highest BCUT2D eigenvalue weighted by Gasteiger charge is 2.08. The van der Waals surface area contributed by atoms with E-state index in [4.69, 9.17) is 10.0 Å². The summed E-state index contributed by atoms with van der Waals surface area (Å²) in [5.74, 6) is 0. The summed E-state index contributed by atoms with van der Waals surface area (Å²) in [6.45, 7) is 10.6. The second kappa shape index (κ2) is 13.3. The summed E-state index contributed by atoms with van der Waals surface area (Å²) in [5.41, 5.74) is 0.907. The van der Waals surface area contributed by atoms with Gasteiger partial charge in [0.15, 0.2) is 0 Å². The minimum Gasteiger partial charge on any atom is -0.423 e. The van der Waals surface area contributed by atoms with Crippen LogP contribution in [-0.4, -0.2) is 48.5 Å². The highest BCUT2D eigenvalue weighted by Crippen LogP contribution is 1.91. The Bertz CT molecular complexity index is 311. The summed E-state index contributed by atoms with van der Waals surface area (Å²) in [5, 5.41) is 17.3. The molecule has 0 aromatic heterocycles. The molecule has 0 unspecified atom stereocenters. The van der Waals surface area contributed by atoms with Crippen LogP contribution in [0.5, 0.6) is 0 Å². The zero-order valence-electron chi connectivity index (χ0n) is 12.6. The van der Waals surface area contributed by atoms with Crippen molar-refractivity contribution in [3.63, 3.8) is 0 Å². The molecule has 0 saturated carbocycles. The van der Waals surface area contributed by atoms with Crippen molar-refractivity contribution in [3.05, 3.63) is 29.8 Å². The van der Waals surface area contributed by atoms with Gasteiger partial charge < -0.3 is 14.9 Å². The Hall–Kier alpha value is -1.17. The monoisotopic (exact) mass is 267 g/mol. The topological polar surface area (TPSA) is 60.8 Å². The van der Waals surface area contributed by atoms with Gasteiger partial charge in [0.05, 0.1) is 0 Å². The van der Waals surface area contributed by atoms with Crippen LogP contribution in [-0.2, 0) is 0 Å². The lowest BCUT2D eigenvalue weighted by Crippen LogP contribution is -2.29. The largest absolute Gasteiger partial charge is 0.488 e. The molecule has 0 saturated heterocycles. The molecule has 0 aliphatic carbocycles. The lowest BCUT2D eigenvalue weighted by molar-refractivity contribution is 0.112. The quantitative estimate of drug-likeness (QED) is 0.635. The molecule has 0 fully saturated rings. The number of aldehydes is 1. The van der Waals surface area contributed by atoms with Crippen LogP contribution in [0.15, 0.2) is 24.3 Å². The molecule has 0 amide bonds. The Kier molecular flexibility index (Phi) is 14.1. The van der Waals surface area contributed by atoms with Gasteiger partial charge in [0.2, 0.25) is 0 Å². The SMILES string of the molecule is CC.CCN(C)CC.O=Cc1ccc(B(O)O)cc1. The molecule has 2 N–H and O–H groups in total. The van der Waals surface area contributed by atoms with Crippen LogP contribution < -0.4 is 5.46 Å². The number of rotatable bonds is 4. The molecule has 5 heteroatoms. The normalized spacial score (nSPS) is 8.84. The fourth-order valence-electron chi connectivity index (χ4n) is 0.970. The molecule has 1 aromatic rings. The summed E-state index contributed by atoms with van der Waals surface area (Å²) in [6, 6.07) is 6.05. The van der Waals surface area contributed by atoms with E-state index in [-0.39, 0.29) is 0 Å². The van der Waals surface area contributed by atoms with Crippen molar-refractivity contribution >= 4 is 18.9 Å². The smallest absolute Gasteiger partial charge is 0.423 e. The third-order valence-corrected chi connectivity index (χ3v) is 2.45. The maximum atomic E-state index is 10.2. The molecule has 1 rings (SSSR count). The summed E-state index contributed by atoms with van der Waals surface area (Å²) in [7, 11) is 0.649. The van der Waals surface area contributed by atoms with Gasteiger partial charge in [0.25, 0.3) is 0 Å². The van der Waals surface area contributed by atoms with Crippen LogP contribution >= 0.6 is 0 Å². The van der Waals surface area contributed by atoms with E-state index in [0.29, 0.717) is 17.3 Å². The average molecular weight is 267 g/mol. The van der Waals surface area contributed by atoms with E-state index in [0.717, 1.165) is 13.1 Å². The molecule has 0 heterocycles. The van der Waals surface area contributed by atoms with Crippen molar-refractivity contribution in [2.75, 3.05) is 20.1 Å². The maximum Gasteiger partial charge on any atom is 0.488 e. The van der Waals surface area contributed by atoms with Crippen LogP contribution in [0.2, 0.25) is 0 Å². The Balaban J connectivity index is 0. The van der Waals surface area contributed by atoms with Crippen molar-refractivity contribution in [2.24, 2.45) is 0 Å². The van der Waals surface area contributed by atoms with Gasteiger partial charge in [-0.1, -0.05) is 52.0 Å². The van der Waals surface area contributed by atoms with Gasteiger partial charge in [-0.25, -0.2) is 0 Å². The molecule has 0 aliphatic rings. The Morgan fingerprint density at radius 3 is 1.74 bits per heavy atom. The molecule has 4 nitrogen and oxygen atoms in total. The number of carbonyl (C=O) groups is 1. The van der Waals surface area contributed by atoms with E-state index in [1.165, 1.54) is 24.3 Å². The number of carbonyl (C=O) groups excluding carboxylic acids is 1. The van der Waals surface area contributed by atoms with Crippen molar-refractivity contribution in [3.8, 4) is 0 Å². The van der Waals surface area contributed by atoms with Gasteiger partial charge in [-0.05, 0) is 25.6 Å². The summed E-state index contributed by atoms with van der Waals surface area (Å²) in [4.78, 5) is 12.4. The van der Waals surface area contributed by atoms with Crippen LogP contribution in [0.1, 0.15) is 38.1 Å². The number of nitrogens with zero attached hydrogens (tertiary/aromatic N) is 1. The second-order valence-electron chi connectivity index (χ2n) is 3.65. The predicted molar refractivity (Wildman–Crippen MR) is 81.8 cm³/mol. The third kappa shape index (κ3) is 10.4. The fraction of sp³-hybridized carbons (Fsp3) is 0.500. The van der Waals surface area contributed by atoms with Gasteiger partial charge in [0, 0.05) is 5.56 Å². The van der Waals surface area contributed by atoms with E-state index in [9.17, 15) is 4.79 Å². The minimum absolute atomic E-state index is 0.385. The van der Waals surface area contributed by atoms with Crippen LogP contribution in [0, 0.1) is 0 Å². The number of benzene rings is 1. The standard InChI is InChI=1S/C7H7BO3.C5H13N.C2H6/c9-5-6-1-3-7(4-2-6)8(10)11;1-4-6(3)5-2;1-2/h1-5,10-11H;4-5H2,1-3H3;1-2H3. The van der Waals surface area contributed by atoms with Gasteiger partial charge in [-0.15, -0.1) is 0 Å². The van der Waals surface area contributed by atoms with E-state index in [1.807, 2.05) is 13.8 Å².